The molecule has 0 saturated carbocycles. The monoisotopic (exact) mass is 312 g/mol. The first-order chi connectivity index (χ1) is 10.0. The van der Waals surface area contributed by atoms with Gasteiger partial charge in [-0.1, -0.05) is 25.4 Å². The molecule has 0 aliphatic carbocycles. The van der Waals surface area contributed by atoms with E-state index in [-0.39, 0.29) is 24.1 Å². The number of nitrogens with zero attached hydrogens (tertiary/aromatic N) is 4. The molecule has 1 aromatic heterocycles. The highest BCUT2D eigenvalue weighted by Crippen LogP contribution is 2.18. The lowest BCUT2D eigenvalue weighted by atomic mass is 10.2. The number of amides is 1. The summed E-state index contributed by atoms with van der Waals surface area (Å²) in [6.45, 7) is 7.50. The Morgan fingerprint density at radius 2 is 2.05 bits per heavy atom. The summed E-state index contributed by atoms with van der Waals surface area (Å²) in [6, 6.07) is 0. The number of β-amino-alcohol motifs (C(OH)–C–C–N with tert-alkyl or cyclic N) is 1. The van der Waals surface area contributed by atoms with Gasteiger partial charge in [-0.3, -0.25) is 9.69 Å². The molecule has 1 amide bonds. The van der Waals surface area contributed by atoms with Crippen molar-refractivity contribution in [2.75, 3.05) is 39.3 Å². The van der Waals surface area contributed by atoms with E-state index >= 15 is 0 Å². The number of aliphatic hydroxyl groups excluding tert-OH is 1. The molecule has 21 heavy (non-hydrogen) atoms. The summed E-state index contributed by atoms with van der Waals surface area (Å²) >= 11 is 6.08. The van der Waals surface area contributed by atoms with Crippen LogP contribution in [0, 0.1) is 0 Å². The van der Waals surface area contributed by atoms with Crippen molar-refractivity contribution in [2.45, 2.75) is 19.8 Å². The summed E-state index contributed by atoms with van der Waals surface area (Å²) < 4.78 is 0. The molecule has 2 heterocycles. The van der Waals surface area contributed by atoms with Crippen molar-refractivity contribution in [3.63, 3.8) is 0 Å². The summed E-state index contributed by atoms with van der Waals surface area (Å²) in [5.41, 5.74) is 0.283. The SMILES string of the molecule is CC(C)c1ncc(Cl)c(C(=O)N2CCN(CCO)CC2)n1. The molecule has 1 aromatic rings. The Labute approximate surface area is 129 Å². The van der Waals surface area contributed by atoms with E-state index < -0.39 is 0 Å². The van der Waals surface area contributed by atoms with E-state index in [1.807, 2.05) is 13.8 Å². The topological polar surface area (TPSA) is 69.6 Å². The van der Waals surface area contributed by atoms with Crippen LogP contribution in [0.5, 0.6) is 0 Å². The maximum Gasteiger partial charge on any atom is 0.274 e. The van der Waals surface area contributed by atoms with Crippen LogP contribution in [-0.2, 0) is 0 Å². The molecule has 7 heteroatoms. The molecule has 6 nitrogen and oxygen atoms in total. The smallest absolute Gasteiger partial charge is 0.274 e. The Morgan fingerprint density at radius 3 is 2.62 bits per heavy atom. The van der Waals surface area contributed by atoms with E-state index in [2.05, 4.69) is 14.9 Å². The highest BCUT2D eigenvalue weighted by molar-refractivity contribution is 6.33. The maximum atomic E-state index is 12.5. The second-order valence-corrected chi connectivity index (χ2v) is 5.84. The third-order valence-electron chi connectivity index (χ3n) is 3.56. The number of piperazine rings is 1. The number of rotatable bonds is 4. The molecule has 0 atom stereocenters. The fraction of sp³-hybridized carbons (Fsp3) is 0.643. The number of aliphatic hydroxyl groups is 1. The minimum atomic E-state index is -0.145. The van der Waals surface area contributed by atoms with Gasteiger partial charge in [-0.25, -0.2) is 9.97 Å². The van der Waals surface area contributed by atoms with Gasteiger partial charge in [0.25, 0.3) is 5.91 Å². The highest BCUT2D eigenvalue weighted by atomic mass is 35.5. The molecule has 0 radical (unpaired) electrons. The Bertz CT molecular complexity index is 502. The number of carbonyl (C=O) groups is 1. The van der Waals surface area contributed by atoms with E-state index in [1.165, 1.54) is 6.20 Å². The molecule has 116 valence electrons. The fourth-order valence-electron chi connectivity index (χ4n) is 2.27. The summed E-state index contributed by atoms with van der Waals surface area (Å²) in [4.78, 5) is 24.9. The van der Waals surface area contributed by atoms with Gasteiger partial charge in [-0.05, 0) is 0 Å². The van der Waals surface area contributed by atoms with Crippen molar-refractivity contribution >= 4 is 17.5 Å². The molecule has 0 aromatic carbocycles. The van der Waals surface area contributed by atoms with E-state index in [1.54, 1.807) is 4.90 Å². The lowest BCUT2D eigenvalue weighted by Gasteiger charge is -2.34. The minimum absolute atomic E-state index is 0.142. The molecule has 1 N–H and O–H groups in total. The van der Waals surface area contributed by atoms with Gasteiger partial charge in [0.15, 0.2) is 5.69 Å². The van der Waals surface area contributed by atoms with Gasteiger partial charge in [0, 0.05) is 38.6 Å². The predicted molar refractivity (Wildman–Crippen MR) is 80.6 cm³/mol. The third kappa shape index (κ3) is 3.90. The summed E-state index contributed by atoms with van der Waals surface area (Å²) in [5.74, 6) is 0.629. The van der Waals surface area contributed by atoms with E-state index in [0.717, 1.165) is 13.1 Å². The first-order valence-electron chi connectivity index (χ1n) is 7.18. The van der Waals surface area contributed by atoms with Crippen molar-refractivity contribution in [1.29, 1.82) is 0 Å². The van der Waals surface area contributed by atoms with Crippen LogP contribution in [0.3, 0.4) is 0 Å². The van der Waals surface area contributed by atoms with Crippen molar-refractivity contribution in [2.24, 2.45) is 0 Å². The van der Waals surface area contributed by atoms with Crippen molar-refractivity contribution in [1.82, 2.24) is 19.8 Å². The normalized spacial score (nSPS) is 16.5. The van der Waals surface area contributed by atoms with Gasteiger partial charge in [0.2, 0.25) is 0 Å². The summed E-state index contributed by atoms with van der Waals surface area (Å²) in [7, 11) is 0. The van der Waals surface area contributed by atoms with Crippen LogP contribution in [0.1, 0.15) is 36.1 Å². The zero-order chi connectivity index (χ0) is 15.4. The summed E-state index contributed by atoms with van der Waals surface area (Å²) in [5, 5.41) is 9.23. The summed E-state index contributed by atoms with van der Waals surface area (Å²) in [6.07, 6.45) is 1.50. The Kier molecular flexibility index (Phi) is 5.50. The lowest BCUT2D eigenvalue weighted by molar-refractivity contribution is 0.0609. The van der Waals surface area contributed by atoms with Crippen molar-refractivity contribution < 1.29 is 9.90 Å². The third-order valence-corrected chi connectivity index (χ3v) is 3.83. The fourth-order valence-corrected chi connectivity index (χ4v) is 2.45. The number of carbonyl (C=O) groups excluding carboxylic acids is 1. The second-order valence-electron chi connectivity index (χ2n) is 5.44. The van der Waals surface area contributed by atoms with E-state index in [4.69, 9.17) is 16.7 Å². The zero-order valence-corrected chi connectivity index (χ0v) is 13.2. The first kappa shape index (κ1) is 16.1. The van der Waals surface area contributed by atoms with Crippen molar-refractivity contribution in [3.05, 3.63) is 22.7 Å². The molecule has 2 rings (SSSR count). The second kappa shape index (κ2) is 7.15. The Hall–Kier alpha value is -1.24. The quantitative estimate of drug-likeness (QED) is 0.898. The molecular weight excluding hydrogens is 292 g/mol. The maximum absolute atomic E-state index is 12.5. The Balaban J connectivity index is 2.08. The molecule has 1 saturated heterocycles. The van der Waals surface area contributed by atoms with Crippen LogP contribution in [-0.4, -0.2) is 70.1 Å². The molecule has 1 aliphatic heterocycles. The molecule has 0 spiro atoms. The van der Waals surface area contributed by atoms with Gasteiger partial charge in [0.05, 0.1) is 17.8 Å². The van der Waals surface area contributed by atoms with Crippen LogP contribution in [0.4, 0.5) is 0 Å². The largest absolute Gasteiger partial charge is 0.395 e. The van der Waals surface area contributed by atoms with Crippen LogP contribution in [0.15, 0.2) is 6.20 Å². The molecular formula is C14H21ClN4O2. The number of halogens is 1. The number of hydrogen-bond acceptors (Lipinski definition) is 5. The predicted octanol–water partition coefficient (Wildman–Crippen LogP) is 1.00. The van der Waals surface area contributed by atoms with Gasteiger partial charge >= 0.3 is 0 Å². The van der Waals surface area contributed by atoms with Crippen LogP contribution in [0.2, 0.25) is 5.02 Å². The van der Waals surface area contributed by atoms with Gasteiger partial charge in [-0.15, -0.1) is 0 Å². The standard InChI is InChI=1S/C14H21ClN4O2/c1-10(2)13-16-9-11(15)12(17-13)14(21)19-5-3-18(4-6-19)7-8-20/h9-10,20H,3-8H2,1-2H3. The molecule has 1 fully saturated rings. The molecule has 1 aliphatic rings. The first-order valence-corrected chi connectivity index (χ1v) is 7.55. The molecule has 0 bridgehead atoms. The zero-order valence-electron chi connectivity index (χ0n) is 12.4. The van der Waals surface area contributed by atoms with Gasteiger partial charge in [0.1, 0.15) is 5.82 Å². The van der Waals surface area contributed by atoms with E-state index in [0.29, 0.717) is 30.5 Å². The average molecular weight is 313 g/mol. The van der Waals surface area contributed by atoms with E-state index in [9.17, 15) is 4.79 Å². The Morgan fingerprint density at radius 1 is 1.38 bits per heavy atom. The van der Waals surface area contributed by atoms with Gasteiger partial charge < -0.3 is 10.0 Å². The average Bonchev–Trinajstić information content (AvgIpc) is 2.48. The molecule has 0 unspecified atom stereocenters. The van der Waals surface area contributed by atoms with Crippen LogP contribution in [0.25, 0.3) is 0 Å². The lowest BCUT2D eigenvalue weighted by Crippen LogP contribution is -2.49. The highest BCUT2D eigenvalue weighted by Gasteiger charge is 2.25. The van der Waals surface area contributed by atoms with Crippen molar-refractivity contribution in [3.8, 4) is 0 Å². The van der Waals surface area contributed by atoms with Crippen LogP contribution >= 0.6 is 11.6 Å². The number of aromatic nitrogens is 2. The number of hydrogen-bond donors (Lipinski definition) is 1. The van der Waals surface area contributed by atoms with Crippen LogP contribution < -0.4 is 0 Å². The van der Waals surface area contributed by atoms with Gasteiger partial charge in [-0.2, -0.15) is 0 Å². The minimum Gasteiger partial charge on any atom is -0.395 e.